The number of rotatable bonds is 13. The van der Waals surface area contributed by atoms with E-state index in [0.29, 0.717) is 48.1 Å². The molecule has 0 spiro atoms. The molecule has 13 nitrogen and oxygen atoms in total. The highest BCUT2D eigenvalue weighted by Gasteiger charge is 2.25. The minimum atomic E-state index is -0.417. The van der Waals surface area contributed by atoms with Crippen LogP contribution in [0.5, 0.6) is 5.75 Å². The topological polar surface area (TPSA) is 140 Å². The first-order chi connectivity index (χ1) is 21.2. The van der Waals surface area contributed by atoms with Crippen molar-refractivity contribution < 1.29 is 19.2 Å². The third-order valence-corrected chi connectivity index (χ3v) is 7.74. The molecule has 2 aromatic heterocycles. The maximum atomic E-state index is 13.3. The average Bonchev–Trinajstić information content (AvgIpc) is 3.40. The molecule has 0 saturated carbocycles. The third kappa shape index (κ3) is 6.99. The van der Waals surface area contributed by atoms with Crippen LogP contribution in [0.1, 0.15) is 29.8 Å². The standard InChI is InChI=1S/C31H38N8O5.CH4/c1-36(2)13-14-37(3)25-17-27(44-5)24(16-26(25)39(41)42)34-31-33-18-22(30(40)32-11-15-43-4)28(35-31)23-19-38-12-7-9-20-8-6-10-21(23)29(20)38;/h6,8,10,16-19H,7,9,11-15H2,1-5H3,(H,32,40)(H,33,34,35);1H4. The zero-order chi connectivity index (χ0) is 31.4. The van der Waals surface area contributed by atoms with E-state index in [-0.39, 0.29) is 25.0 Å². The molecule has 240 valence electrons. The number of aromatic nitrogens is 3. The summed E-state index contributed by atoms with van der Waals surface area (Å²) in [6.45, 7) is 2.87. The van der Waals surface area contributed by atoms with Crippen LogP contribution in [-0.4, -0.2) is 91.9 Å². The molecule has 0 unspecified atom stereocenters. The van der Waals surface area contributed by atoms with Gasteiger partial charge in [-0.2, -0.15) is 0 Å². The number of anilines is 3. The van der Waals surface area contributed by atoms with Gasteiger partial charge in [0, 0.05) is 75.8 Å². The Labute approximate surface area is 263 Å². The van der Waals surface area contributed by atoms with E-state index in [0.717, 1.165) is 42.4 Å². The smallest absolute Gasteiger partial charge is 0.294 e. The number of ether oxygens (including phenoxy) is 2. The van der Waals surface area contributed by atoms with Crippen LogP contribution in [-0.2, 0) is 17.7 Å². The van der Waals surface area contributed by atoms with Gasteiger partial charge in [-0.15, -0.1) is 0 Å². The molecule has 0 fully saturated rings. The first kappa shape index (κ1) is 33.1. The first-order valence-electron chi connectivity index (χ1n) is 14.5. The maximum absolute atomic E-state index is 13.3. The summed E-state index contributed by atoms with van der Waals surface area (Å²) in [4.78, 5) is 38.1. The minimum absolute atomic E-state index is 0. The van der Waals surface area contributed by atoms with E-state index < -0.39 is 4.92 Å². The summed E-state index contributed by atoms with van der Waals surface area (Å²) in [7, 11) is 8.78. The highest BCUT2D eigenvalue weighted by Crippen LogP contribution is 2.40. The molecule has 13 heteroatoms. The lowest BCUT2D eigenvalue weighted by Gasteiger charge is -2.22. The van der Waals surface area contributed by atoms with Crippen LogP contribution >= 0.6 is 0 Å². The molecule has 0 atom stereocenters. The predicted molar refractivity (Wildman–Crippen MR) is 177 cm³/mol. The fraction of sp³-hybridized carbons (Fsp3) is 0.406. The average molecular weight is 619 g/mol. The van der Waals surface area contributed by atoms with E-state index in [2.05, 4.69) is 26.3 Å². The summed E-state index contributed by atoms with van der Waals surface area (Å²) >= 11 is 0. The third-order valence-electron chi connectivity index (χ3n) is 7.74. The summed E-state index contributed by atoms with van der Waals surface area (Å²) < 4.78 is 12.9. The predicted octanol–water partition coefficient (Wildman–Crippen LogP) is 4.72. The van der Waals surface area contributed by atoms with Crippen LogP contribution in [0.25, 0.3) is 22.2 Å². The van der Waals surface area contributed by atoms with Crippen molar-refractivity contribution in [2.24, 2.45) is 0 Å². The van der Waals surface area contributed by atoms with Crippen LogP contribution < -0.4 is 20.3 Å². The van der Waals surface area contributed by atoms with Gasteiger partial charge in [-0.25, -0.2) is 9.97 Å². The molecule has 0 aliphatic carbocycles. The zero-order valence-electron chi connectivity index (χ0n) is 25.7. The summed E-state index contributed by atoms with van der Waals surface area (Å²) in [6.07, 6.45) is 5.53. The number of aryl methyl sites for hydroxylation is 2. The van der Waals surface area contributed by atoms with E-state index in [1.807, 2.05) is 49.3 Å². The fourth-order valence-electron chi connectivity index (χ4n) is 5.49. The van der Waals surface area contributed by atoms with Gasteiger partial charge in [-0.3, -0.25) is 14.9 Å². The lowest BCUT2D eigenvalue weighted by Crippen LogP contribution is -2.29. The molecule has 1 aliphatic rings. The Kier molecular flexibility index (Phi) is 10.6. The van der Waals surface area contributed by atoms with E-state index in [1.54, 1.807) is 13.2 Å². The number of hydrogen-bond acceptors (Lipinski definition) is 10. The number of nitrogens with one attached hydrogen (secondary N) is 2. The highest BCUT2D eigenvalue weighted by atomic mass is 16.6. The van der Waals surface area contributed by atoms with Crippen molar-refractivity contribution >= 4 is 39.8 Å². The fourth-order valence-corrected chi connectivity index (χ4v) is 5.49. The Morgan fingerprint density at radius 2 is 1.98 bits per heavy atom. The second-order valence-corrected chi connectivity index (χ2v) is 11.0. The van der Waals surface area contributed by atoms with Crippen LogP contribution in [0, 0.1) is 10.1 Å². The molecule has 2 aromatic carbocycles. The number of benzene rings is 2. The second kappa shape index (κ2) is 14.4. The molecule has 0 bridgehead atoms. The van der Waals surface area contributed by atoms with Crippen LogP contribution in [0.15, 0.2) is 42.7 Å². The number of hydrogen-bond donors (Lipinski definition) is 2. The molecule has 5 rings (SSSR count). The van der Waals surface area contributed by atoms with Gasteiger partial charge in [0.1, 0.15) is 11.4 Å². The van der Waals surface area contributed by atoms with Gasteiger partial charge in [0.2, 0.25) is 5.95 Å². The summed E-state index contributed by atoms with van der Waals surface area (Å²) in [5.41, 5.74) is 4.64. The van der Waals surface area contributed by atoms with Gasteiger partial charge in [0.15, 0.2) is 0 Å². The lowest BCUT2D eigenvalue weighted by atomic mass is 10.0. The van der Waals surface area contributed by atoms with Gasteiger partial charge in [0.05, 0.1) is 41.1 Å². The van der Waals surface area contributed by atoms with E-state index in [9.17, 15) is 14.9 Å². The van der Waals surface area contributed by atoms with E-state index in [1.165, 1.54) is 24.9 Å². The van der Waals surface area contributed by atoms with Crippen molar-refractivity contribution in [1.82, 2.24) is 24.8 Å². The number of methoxy groups -OCH3 is 2. The molecular formula is C32H42N8O5. The monoisotopic (exact) mass is 618 g/mol. The molecule has 3 heterocycles. The number of nitrogens with zero attached hydrogens (tertiary/aromatic N) is 6. The number of carbonyl (C=O) groups excluding carboxylic acids is 1. The quantitative estimate of drug-likeness (QED) is 0.123. The van der Waals surface area contributed by atoms with Gasteiger partial charge >= 0.3 is 0 Å². The van der Waals surface area contributed by atoms with Crippen molar-refractivity contribution in [2.75, 3.05) is 71.8 Å². The number of carbonyl (C=O) groups is 1. The van der Waals surface area contributed by atoms with Crippen LogP contribution in [0.4, 0.5) is 23.0 Å². The SMILES string of the molecule is C.COCCNC(=O)c1cnc(Nc2cc([N+](=O)[O-])c(N(C)CCN(C)C)cc2OC)nc1-c1cn2c3c(cccc13)CCC2. The van der Waals surface area contributed by atoms with Crippen LogP contribution in [0.2, 0.25) is 0 Å². The summed E-state index contributed by atoms with van der Waals surface area (Å²) in [6, 6.07) is 9.26. The normalized spacial score (nSPS) is 12.1. The largest absolute Gasteiger partial charge is 0.494 e. The molecule has 4 aromatic rings. The van der Waals surface area contributed by atoms with Crippen molar-refractivity contribution in [3.05, 3.63) is 64.0 Å². The van der Waals surface area contributed by atoms with Crippen molar-refractivity contribution in [2.45, 2.75) is 26.8 Å². The van der Waals surface area contributed by atoms with Crippen molar-refractivity contribution in [1.29, 1.82) is 0 Å². The zero-order valence-corrected chi connectivity index (χ0v) is 25.7. The lowest BCUT2D eigenvalue weighted by molar-refractivity contribution is -0.384. The Balaban J connectivity index is 0.00000461. The Morgan fingerprint density at radius 3 is 2.69 bits per heavy atom. The molecule has 45 heavy (non-hydrogen) atoms. The Morgan fingerprint density at radius 1 is 1.18 bits per heavy atom. The van der Waals surface area contributed by atoms with Crippen LogP contribution in [0.3, 0.4) is 0 Å². The number of amides is 1. The van der Waals surface area contributed by atoms with Gasteiger partial charge in [0.25, 0.3) is 11.6 Å². The van der Waals surface area contributed by atoms with Crippen molar-refractivity contribution in [3.63, 3.8) is 0 Å². The number of likely N-dealkylation sites (N-methyl/N-ethyl adjacent to an activating group) is 2. The summed E-state index contributed by atoms with van der Waals surface area (Å²) in [5, 5.41) is 19.1. The summed E-state index contributed by atoms with van der Waals surface area (Å²) in [5.74, 6) is 0.233. The molecule has 0 saturated heterocycles. The maximum Gasteiger partial charge on any atom is 0.294 e. The number of para-hydroxylation sites is 1. The minimum Gasteiger partial charge on any atom is -0.494 e. The van der Waals surface area contributed by atoms with E-state index in [4.69, 9.17) is 14.5 Å². The molecule has 1 amide bonds. The molecular weight excluding hydrogens is 576 g/mol. The first-order valence-corrected chi connectivity index (χ1v) is 14.5. The van der Waals surface area contributed by atoms with E-state index >= 15 is 0 Å². The van der Waals surface area contributed by atoms with Gasteiger partial charge < -0.3 is 34.5 Å². The van der Waals surface area contributed by atoms with Gasteiger partial charge in [-0.1, -0.05) is 25.6 Å². The highest BCUT2D eigenvalue weighted by molar-refractivity contribution is 6.05. The molecule has 0 radical (unpaired) electrons. The molecule has 1 aliphatic heterocycles. The van der Waals surface area contributed by atoms with Crippen molar-refractivity contribution in [3.8, 4) is 17.0 Å². The Hall–Kier alpha value is -4.75. The molecule has 2 N–H and O–H groups in total. The number of nitro benzene ring substituents is 1. The van der Waals surface area contributed by atoms with Gasteiger partial charge in [-0.05, 0) is 32.5 Å². The number of nitro groups is 1. The second-order valence-electron chi connectivity index (χ2n) is 11.0. The Bertz CT molecular complexity index is 1690.